The number of aromatic nitrogens is 1. The number of fused-ring (bicyclic) bond motifs is 1. The first-order chi connectivity index (χ1) is 11.8. The van der Waals surface area contributed by atoms with Gasteiger partial charge in [0.2, 0.25) is 6.79 Å². The summed E-state index contributed by atoms with van der Waals surface area (Å²) >= 11 is 0. The Morgan fingerprint density at radius 1 is 1.04 bits per heavy atom. The third-order valence-electron chi connectivity index (χ3n) is 3.68. The first-order valence-corrected chi connectivity index (χ1v) is 7.48. The molecule has 3 aromatic rings. The number of hydrogen-bond donors (Lipinski definition) is 1. The van der Waals surface area contributed by atoms with Gasteiger partial charge in [-0.1, -0.05) is 23.4 Å². The van der Waals surface area contributed by atoms with Crippen LogP contribution in [0.1, 0.15) is 16.1 Å². The molecule has 0 aliphatic carbocycles. The van der Waals surface area contributed by atoms with Crippen LogP contribution in [-0.2, 0) is 6.54 Å². The van der Waals surface area contributed by atoms with E-state index < -0.39 is 0 Å². The summed E-state index contributed by atoms with van der Waals surface area (Å²) < 4.78 is 16.0. The summed E-state index contributed by atoms with van der Waals surface area (Å²) in [5.41, 5.74) is 2.09. The number of carbonyl (C=O) groups excluding carboxylic acids is 1. The van der Waals surface area contributed by atoms with Crippen LogP contribution in [-0.4, -0.2) is 17.9 Å². The van der Waals surface area contributed by atoms with Crippen LogP contribution in [0.3, 0.4) is 0 Å². The van der Waals surface area contributed by atoms with E-state index in [0.717, 1.165) is 5.56 Å². The lowest BCUT2D eigenvalue weighted by molar-refractivity contribution is 0.0950. The van der Waals surface area contributed by atoms with Crippen LogP contribution in [0.15, 0.2) is 59.1 Å². The van der Waals surface area contributed by atoms with Gasteiger partial charge in [0.05, 0.1) is 6.54 Å². The molecule has 0 spiro atoms. The minimum atomic E-state index is -0.150. The summed E-state index contributed by atoms with van der Waals surface area (Å²) in [5, 5.41) is 6.81. The maximum absolute atomic E-state index is 12.0. The van der Waals surface area contributed by atoms with Gasteiger partial charge in [-0.15, -0.1) is 0 Å². The Bertz CT molecular complexity index is 874. The van der Waals surface area contributed by atoms with E-state index in [1.54, 1.807) is 18.2 Å². The van der Waals surface area contributed by atoms with Crippen molar-refractivity contribution < 1.29 is 18.8 Å². The molecule has 0 atom stereocenters. The molecule has 0 radical (unpaired) electrons. The minimum absolute atomic E-state index is 0.150. The Hall–Kier alpha value is -3.28. The molecular weight excluding hydrogens is 308 g/mol. The van der Waals surface area contributed by atoms with Crippen molar-refractivity contribution in [2.24, 2.45) is 0 Å². The molecule has 120 valence electrons. The Balaban J connectivity index is 1.44. The maximum Gasteiger partial charge on any atom is 0.251 e. The summed E-state index contributed by atoms with van der Waals surface area (Å²) in [5.74, 6) is 1.86. The van der Waals surface area contributed by atoms with Crippen molar-refractivity contribution in [2.45, 2.75) is 6.54 Å². The van der Waals surface area contributed by atoms with E-state index in [1.807, 2.05) is 36.4 Å². The minimum Gasteiger partial charge on any atom is -0.454 e. The molecular formula is C18H14N2O4. The van der Waals surface area contributed by atoms with Crippen molar-refractivity contribution in [2.75, 3.05) is 6.79 Å². The molecule has 0 saturated carbocycles. The Morgan fingerprint density at radius 3 is 2.75 bits per heavy atom. The number of rotatable bonds is 4. The van der Waals surface area contributed by atoms with E-state index >= 15 is 0 Å². The van der Waals surface area contributed by atoms with Crippen molar-refractivity contribution in [1.29, 1.82) is 0 Å². The summed E-state index contributed by atoms with van der Waals surface area (Å²) in [6.07, 6.45) is 0. The van der Waals surface area contributed by atoms with Gasteiger partial charge in [0.25, 0.3) is 5.91 Å². The van der Waals surface area contributed by atoms with Crippen LogP contribution >= 0.6 is 0 Å². The van der Waals surface area contributed by atoms with Crippen LogP contribution in [0.25, 0.3) is 11.3 Å². The highest BCUT2D eigenvalue weighted by Gasteiger charge is 2.16. The van der Waals surface area contributed by atoms with Gasteiger partial charge in [-0.3, -0.25) is 4.79 Å². The van der Waals surface area contributed by atoms with E-state index in [9.17, 15) is 4.79 Å². The molecule has 2 heterocycles. The van der Waals surface area contributed by atoms with Crippen LogP contribution in [0, 0.1) is 0 Å². The van der Waals surface area contributed by atoms with Gasteiger partial charge >= 0.3 is 0 Å². The lowest BCUT2D eigenvalue weighted by Crippen LogP contribution is -2.22. The third-order valence-corrected chi connectivity index (χ3v) is 3.68. The van der Waals surface area contributed by atoms with Gasteiger partial charge in [-0.25, -0.2) is 0 Å². The smallest absolute Gasteiger partial charge is 0.251 e. The van der Waals surface area contributed by atoms with Gasteiger partial charge in [0.1, 0.15) is 5.69 Å². The Labute approximate surface area is 138 Å². The van der Waals surface area contributed by atoms with Crippen molar-refractivity contribution in [1.82, 2.24) is 10.5 Å². The van der Waals surface area contributed by atoms with Crippen LogP contribution in [0.2, 0.25) is 0 Å². The number of amides is 1. The molecule has 0 fully saturated rings. The molecule has 24 heavy (non-hydrogen) atoms. The molecule has 0 bridgehead atoms. The average Bonchev–Trinajstić information content (AvgIpc) is 3.29. The van der Waals surface area contributed by atoms with Crippen molar-refractivity contribution in [3.05, 3.63) is 65.9 Å². The highest BCUT2D eigenvalue weighted by Crippen LogP contribution is 2.35. The largest absolute Gasteiger partial charge is 0.454 e. The Morgan fingerprint density at radius 2 is 1.88 bits per heavy atom. The summed E-state index contributed by atoms with van der Waals surface area (Å²) in [4.78, 5) is 12.0. The second-order valence-corrected chi connectivity index (χ2v) is 5.30. The first kappa shape index (κ1) is 14.3. The molecule has 1 amide bonds. The second kappa shape index (κ2) is 6.08. The quantitative estimate of drug-likeness (QED) is 0.799. The van der Waals surface area contributed by atoms with Gasteiger partial charge in [-0.05, 0) is 30.3 Å². The molecule has 0 saturated heterocycles. The molecule has 2 aromatic carbocycles. The van der Waals surface area contributed by atoms with E-state index in [4.69, 9.17) is 14.0 Å². The molecule has 1 N–H and O–H groups in total. The monoisotopic (exact) mass is 322 g/mol. The number of ether oxygens (including phenoxy) is 2. The summed E-state index contributed by atoms with van der Waals surface area (Å²) in [6.45, 7) is 0.522. The Kier molecular flexibility index (Phi) is 3.63. The summed E-state index contributed by atoms with van der Waals surface area (Å²) in [7, 11) is 0. The van der Waals surface area contributed by atoms with E-state index in [1.165, 1.54) is 0 Å². The van der Waals surface area contributed by atoms with Gasteiger partial charge in [-0.2, -0.15) is 0 Å². The average molecular weight is 322 g/mol. The number of nitrogens with zero attached hydrogens (tertiary/aromatic N) is 1. The van der Waals surface area contributed by atoms with Gasteiger partial charge < -0.3 is 19.3 Å². The van der Waals surface area contributed by atoms with Crippen molar-refractivity contribution in [3.63, 3.8) is 0 Å². The zero-order valence-electron chi connectivity index (χ0n) is 12.7. The number of nitrogens with one attached hydrogen (secondary N) is 1. The molecule has 0 unspecified atom stereocenters. The van der Waals surface area contributed by atoms with Gasteiger partial charge in [0.15, 0.2) is 17.3 Å². The van der Waals surface area contributed by atoms with Gasteiger partial charge in [0, 0.05) is 17.2 Å². The van der Waals surface area contributed by atoms with E-state index in [-0.39, 0.29) is 12.7 Å². The molecule has 6 nitrogen and oxygen atoms in total. The first-order valence-electron chi connectivity index (χ1n) is 7.48. The molecule has 1 aliphatic heterocycles. The summed E-state index contributed by atoms with van der Waals surface area (Å²) in [6, 6.07) is 16.4. The number of benzene rings is 2. The topological polar surface area (TPSA) is 73.6 Å². The zero-order chi connectivity index (χ0) is 16.4. The highest BCUT2D eigenvalue weighted by atomic mass is 16.7. The van der Waals surface area contributed by atoms with E-state index in [0.29, 0.717) is 35.1 Å². The number of hydrogen-bond acceptors (Lipinski definition) is 5. The fraction of sp³-hybridized carbons (Fsp3) is 0.111. The molecule has 1 aliphatic rings. The lowest BCUT2D eigenvalue weighted by Gasteiger charge is -2.02. The number of carbonyl (C=O) groups is 1. The standard InChI is InChI=1S/C18H14N2O4/c21-18(12-4-2-1-3-5-12)19-10-14-9-16(24-20-14)13-6-7-15-17(8-13)23-11-22-15/h1-9H,10-11H2,(H,19,21). The SMILES string of the molecule is O=C(NCc1cc(-c2ccc3c(c2)OCO3)on1)c1ccccc1. The zero-order valence-corrected chi connectivity index (χ0v) is 12.7. The van der Waals surface area contributed by atoms with Crippen LogP contribution in [0.5, 0.6) is 11.5 Å². The normalized spacial score (nSPS) is 12.2. The third kappa shape index (κ3) is 2.81. The van der Waals surface area contributed by atoms with Crippen molar-refractivity contribution >= 4 is 5.91 Å². The second-order valence-electron chi connectivity index (χ2n) is 5.30. The predicted molar refractivity (Wildman–Crippen MR) is 85.7 cm³/mol. The molecule has 4 rings (SSSR count). The van der Waals surface area contributed by atoms with Crippen LogP contribution < -0.4 is 14.8 Å². The fourth-order valence-corrected chi connectivity index (χ4v) is 2.44. The highest BCUT2D eigenvalue weighted by molar-refractivity contribution is 5.94. The van der Waals surface area contributed by atoms with E-state index in [2.05, 4.69) is 10.5 Å². The fourth-order valence-electron chi connectivity index (χ4n) is 2.44. The molecule has 6 heteroatoms. The van der Waals surface area contributed by atoms with Crippen LogP contribution in [0.4, 0.5) is 0 Å². The van der Waals surface area contributed by atoms with Crippen molar-refractivity contribution in [3.8, 4) is 22.8 Å². The maximum atomic E-state index is 12.0. The predicted octanol–water partition coefficient (Wildman–Crippen LogP) is 3.00. The molecule has 1 aromatic heterocycles. The lowest BCUT2D eigenvalue weighted by atomic mass is 10.1.